The number of hydrogen-bond acceptors (Lipinski definition) is 3. The van der Waals surface area contributed by atoms with Crippen molar-refractivity contribution in [2.75, 3.05) is 5.32 Å². The van der Waals surface area contributed by atoms with Gasteiger partial charge in [0.2, 0.25) is 0 Å². The van der Waals surface area contributed by atoms with E-state index in [9.17, 15) is 0 Å². The minimum absolute atomic E-state index is 0.322. The highest BCUT2D eigenvalue weighted by atomic mass is 16.3. The van der Waals surface area contributed by atoms with Gasteiger partial charge in [0.15, 0.2) is 11.5 Å². The normalized spacial score (nSPS) is 13.4. The first-order chi connectivity index (χ1) is 9.01. The highest BCUT2D eigenvalue weighted by molar-refractivity contribution is 5.77. The summed E-state index contributed by atoms with van der Waals surface area (Å²) in [6.07, 6.45) is 1.12. The van der Waals surface area contributed by atoms with E-state index in [4.69, 9.17) is 4.42 Å². The molecule has 0 aliphatic carbocycles. The third-order valence-electron chi connectivity index (χ3n) is 3.49. The summed E-state index contributed by atoms with van der Waals surface area (Å²) >= 11 is 0. The van der Waals surface area contributed by atoms with Gasteiger partial charge in [-0.25, -0.2) is 4.98 Å². The van der Waals surface area contributed by atoms with Crippen LogP contribution >= 0.6 is 0 Å². The lowest BCUT2D eigenvalue weighted by molar-refractivity contribution is 0.501. The predicted octanol–water partition coefficient (Wildman–Crippen LogP) is 4.80. The van der Waals surface area contributed by atoms with Gasteiger partial charge in [-0.2, -0.15) is 0 Å². The van der Waals surface area contributed by atoms with Crippen LogP contribution in [0.15, 0.2) is 22.6 Å². The minimum atomic E-state index is 0.322. The lowest BCUT2D eigenvalue weighted by atomic mass is 10.0. The van der Waals surface area contributed by atoms with Crippen molar-refractivity contribution >= 4 is 16.8 Å². The molecule has 0 aliphatic heterocycles. The van der Waals surface area contributed by atoms with E-state index in [1.54, 1.807) is 0 Å². The number of benzene rings is 1. The van der Waals surface area contributed by atoms with E-state index in [0.29, 0.717) is 17.9 Å². The fourth-order valence-corrected chi connectivity index (χ4v) is 2.24. The van der Waals surface area contributed by atoms with Gasteiger partial charge in [-0.3, -0.25) is 0 Å². The van der Waals surface area contributed by atoms with Crippen LogP contribution in [0.3, 0.4) is 0 Å². The smallest absolute Gasteiger partial charge is 0.198 e. The van der Waals surface area contributed by atoms with Crippen LogP contribution < -0.4 is 5.32 Å². The zero-order valence-electron chi connectivity index (χ0n) is 12.5. The molecular formula is C16H24N2O. The molecule has 3 heteroatoms. The van der Waals surface area contributed by atoms with Gasteiger partial charge in [-0.05, 0) is 30.5 Å². The first kappa shape index (κ1) is 13.9. The van der Waals surface area contributed by atoms with Gasteiger partial charge in [0.05, 0.1) is 0 Å². The van der Waals surface area contributed by atoms with Gasteiger partial charge in [-0.1, -0.05) is 34.6 Å². The fourth-order valence-electron chi connectivity index (χ4n) is 2.24. The Labute approximate surface area is 115 Å². The molecule has 0 bridgehead atoms. The summed E-state index contributed by atoms with van der Waals surface area (Å²) in [6.45, 7) is 10.9. The Kier molecular flexibility index (Phi) is 4.13. The second-order valence-corrected chi connectivity index (χ2v) is 5.79. The van der Waals surface area contributed by atoms with Gasteiger partial charge in [0, 0.05) is 17.6 Å². The molecule has 1 heterocycles. The number of rotatable bonds is 5. The summed E-state index contributed by atoms with van der Waals surface area (Å²) < 4.78 is 5.72. The van der Waals surface area contributed by atoms with Crippen LogP contribution in [0.5, 0.6) is 0 Å². The van der Waals surface area contributed by atoms with Gasteiger partial charge in [0.25, 0.3) is 0 Å². The van der Waals surface area contributed by atoms with E-state index >= 15 is 0 Å². The van der Waals surface area contributed by atoms with E-state index in [0.717, 1.165) is 29.1 Å². The van der Waals surface area contributed by atoms with Crippen molar-refractivity contribution in [3.63, 3.8) is 0 Å². The van der Waals surface area contributed by atoms with Gasteiger partial charge in [0.1, 0.15) is 5.52 Å². The van der Waals surface area contributed by atoms with Gasteiger partial charge < -0.3 is 9.73 Å². The Balaban J connectivity index is 2.25. The molecule has 0 radical (unpaired) electrons. The average molecular weight is 260 g/mol. The molecule has 2 rings (SSSR count). The second kappa shape index (κ2) is 5.64. The number of fused-ring (bicyclic) bond motifs is 1. The SMILES string of the molecule is CCC(Nc1ccc2oc(C(C)C)nc2c1)C(C)C. The summed E-state index contributed by atoms with van der Waals surface area (Å²) in [5.41, 5.74) is 2.93. The van der Waals surface area contributed by atoms with Crippen LogP contribution in [0.1, 0.15) is 52.8 Å². The molecule has 3 nitrogen and oxygen atoms in total. The molecule has 1 atom stereocenters. The van der Waals surface area contributed by atoms with Crippen molar-refractivity contribution in [3.05, 3.63) is 24.1 Å². The first-order valence-corrected chi connectivity index (χ1v) is 7.18. The van der Waals surface area contributed by atoms with E-state index in [-0.39, 0.29) is 0 Å². The standard InChI is InChI=1S/C16H24N2O/c1-6-13(10(2)3)17-12-7-8-15-14(9-12)18-16(19-15)11(4)5/h7-11,13,17H,6H2,1-5H3. The molecule has 0 spiro atoms. The number of oxazole rings is 1. The molecule has 0 amide bonds. The Morgan fingerprint density at radius 2 is 1.95 bits per heavy atom. The van der Waals surface area contributed by atoms with Crippen molar-refractivity contribution in [1.29, 1.82) is 0 Å². The maximum absolute atomic E-state index is 5.72. The fraction of sp³-hybridized carbons (Fsp3) is 0.562. The minimum Gasteiger partial charge on any atom is -0.440 e. The van der Waals surface area contributed by atoms with Crippen molar-refractivity contribution in [3.8, 4) is 0 Å². The molecule has 1 N–H and O–H groups in total. The molecule has 1 aromatic carbocycles. The summed E-state index contributed by atoms with van der Waals surface area (Å²) in [5.74, 6) is 1.75. The predicted molar refractivity (Wildman–Crippen MR) is 80.6 cm³/mol. The zero-order chi connectivity index (χ0) is 14.0. The van der Waals surface area contributed by atoms with Crippen molar-refractivity contribution in [2.45, 2.75) is 53.0 Å². The molecule has 1 unspecified atom stereocenters. The molecule has 0 saturated carbocycles. The largest absolute Gasteiger partial charge is 0.440 e. The van der Waals surface area contributed by atoms with Crippen LogP contribution in [-0.2, 0) is 0 Å². The summed E-state index contributed by atoms with van der Waals surface area (Å²) in [6, 6.07) is 6.65. The van der Waals surface area contributed by atoms with Crippen molar-refractivity contribution < 1.29 is 4.42 Å². The highest BCUT2D eigenvalue weighted by Gasteiger charge is 2.13. The highest BCUT2D eigenvalue weighted by Crippen LogP contribution is 2.24. The number of nitrogens with one attached hydrogen (secondary N) is 1. The number of hydrogen-bond donors (Lipinski definition) is 1. The number of nitrogens with zero attached hydrogens (tertiary/aromatic N) is 1. The van der Waals surface area contributed by atoms with E-state index in [1.807, 2.05) is 6.07 Å². The van der Waals surface area contributed by atoms with Crippen molar-refractivity contribution in [2.24, 2.45) is 5.92 Å². The Hall–Kier alpha value is -1.51. The summed E-state index contributed by atoms with van der Waals surface area (Å²) in [7, 11) is 0. The monoisotopic (exact) mass is 260 g/mol. The molecule has 0 saturated heterocycles. The Morgan fingerprint density at radius 3 is 2.53 bits per heavy atom. The lowest BCUT2D eigenvalue weighted by Gasteiger charge is -2.21. The Morgan fingerprint density at radius 1 is 1.21 bits per heavy atom. The quantitative estimate of drug-likeness (QED) is 0.839. The molecule has 19 heavy (non-hydrogen) atoms. The molecule has 0 aliphatic rings. The number of anilines is 1. The summed E-state index contributed by atoms with van der Waals surface area (Å²) in [4.78, 5) is 4.54. The molecule has 104 valence electrons. The second-order valence-electron chi connectivity index (χ2n) is 5.79. The molecule has 0 fully saturated rings. The zero-order valence-corrected chi connectivity index (χ0v) is 12.5. The number of aromatic nitrogens is 1. The van der Waals surface area contributed by atoms with Crippen LogP contribution in [0, 0.1) is 5.92 Å². The third-order valence-corrected chi connectivity index (χ3v) is 3.49. The maximum Gasteiger partial charge on any atom is 0.198 e. The van der Waals surface area contributed by atoms with E-state index < -0.39 is 0 Å². The van der Waals surface area contributed by atoms with Gasteiger partial charge >= 0.3 is 0 Å². The average Bonchev–Trinajstić information content (AvgIpc) is 2.78. The molecule has 1 aromatic heterocycles. The third kappa shape index (κ3) is 3.09. The first-order valence-electron chi connectivity index (χ1n) is 7.18. The topological polar surface area (TPSA) is 38.1 Å². The van der Waals surface area contributed by atoms with Crippen LogP contribution in [0.25, 0.3) is 11.1 Å². The van der Waals surface area contributed by atoms with E-state index in [1.165, 1.54) is 0 Å². The van der Waals surface area contributed by atoms with Crippen molar-refractivity contribution in [1.82, 2.24) is 4.98 Å². The van der Waals surface area contributed by atoms with E-state index in [2.05, 4.69) is 57.1 Å². The van der Waals surface area contributed by atoms with Crippen LogP contribution in [0.4, 0.5) is 5.69 Å². The molecular weight excluding hydrogens is 236 g/mol. The van der Waals surface area contributed by atoms with Crippen LogP contribution in [-0.4, -0.2) is 11.0 Å². The summed E-state index contributed by atoms with van der Waals surface area (Å²) in [5, 5.41) is 3.58. The lowest BCUT2D eigenvalue weighted by Crippen LogP contribution is -2.24. The Bertz CT molecular complexity index is 543. The molecule has 2 aromatic rings. The van der Waals surface area contributed by atoms with Gasteiger partial charge in [-0.15, -0.1) is 0 Å². The van der Waals surface area contributed by atoms with Crippen LogP contribution in [0.2, 0.25) is 0 Å². The maximum atomic E-state index is 5.72.